The van der Waals surface area contributed by atoms with Crippen molar-refractivity contribution in [1.29, 1.82) is 0 Å². The lowest BCUT2D eigenvalue weighted by molar-refractivity contribution is -0.133. The second kappa shape index (κ2) is 5.17. The summed E-state index contributed by atoms with van der Waals surface area (Å²) in [6, 6.07) is 2.74. The number of nitrogens with zero attached hydrogens (tertiary/aromatic N) is 1. The first-order valence-corrected chi connectivity index (χ1v) is 6.42. The molecule has 0 aliphatic carbocycles. The number of piperazine rings is 1. The van der Waals surface area contributed by atoms with Crippen LogP contribution in [0.3, 0.4) is 0 Å². The highest BCUT2D eigenvalue weighted by Gasteiger charge is 2.39. The molecule has 19 heavy (non-hydrogen) atoms. The second-order valence-electron chi connectivity index (χ2n) is 4.42. The van der Waals surface area contributed by atoms with Gasteiger partial charge in [0.25, 0.3) is 0 Å². The summed E-state index contributed by atoms with van der Waals surface area (Å²) in [5.74, 6) is -1.27. The summed E-state index contributed by atoms with van der Waals surface area (Å²) in [6.45, 7) is 3.32. The molecule has 0 radical (unpaired) electrons. The molecular formula is C13H14ClFN2O2. The molecule has 1 aromatic rings. The lowest BCUT2D eigenvalue weighted by atomic mass is 10.0. The van der Waals surface area contributed by atoms with Crippen LogP contribution >= 0.6 is 11.6 Å². The number of halogens is 2. The third-order valence-corrected chi connectivity index (χ3v) is 3.51. The summed E-state index contributed by atoms with van der Waals surface area (Å²) in [5.41, 5.74) is -0.0324. The first-order chi connectivity index (χ1) is 8.97. The minimum atomic E-state index is -0.787. The number of carbonyl (C=O) groups excluding carboxylic acids is 2. The van der Waals surface area contributed by atoms with Crippen molar-refractivity contribution >= 4 is 29.1 Å². The Bertz CT molecular complexity index is 515. The fraction of sp³-hybridized carbons (Fsp3) is 0.385. The fourth-order valence-corrected chi connectivity index (χ4v) is 2.38. The Morgan fingerprint density at radius 2 is 2.11 bits per heavy atom. The van der Waals surface area contributed by atoms with Gasteiger partial charge in [-0.2, -0.15) is 0 Å². The molecule has 4 nitrogen and oxygen atoms in total. The Morgan fingerprint density at radius 3 is 2.68 bits per heavy atom. The Morgan fingerprint density at radius 1 is 1.42 bits per heavy atom. The van der Waals surface area contributed by atoms with Gasteiger partial charge < -0.3 is 5.32 Å². The molecule has 1 heterocycles. The van der Waals surface area contributed by atoms with Crippen LogP contribution in [0.4, 0.5) is 10.1 Å². The van der Waals surface area contributed by atoms with E-state index in [1.807, 2.05) is 0 Å². The second-order valence-corrected chi connectivity index (χ2v) is 4.83. The number of anilines is 1. The molecule has 102 valence electrons. The molecular weight excluding hydrogens is 271 g/mol. The van der Waals surface area contributed by atoms with Crippen LogP contribution in [0.5, 0.6) is 0 Å². The summed E-state index contributed by atoms with van der Waals surface area (Å²) >= 11 is 5.97. The fourth-order valence-electron chi connectivity index (χ4n) is 2.13. The molecule has 1 fully saturated rings. The maximum atomic E-state index is 13.9. The van der Waals surface area contributed by atoms with Gasteiger partial charge in [0.15, 0.2) is 0 Å². The van der Waals surface area contributed by atoms with E-state index in [4.69, 9.17) is 11.6 Å². The molecule has 0 saturated carbocycles. The third-order valence-electron chi connectivity index (χ3n) is 3.21. The van der Waals surface area contributed by atoms with E-state index in [0.29, 0.717) is 6.42 Å². The van der Waals surface area contributed by atoms with Crippen LogP contribution in [0.25, 0.3) is 0 Å². The molecule has 1 aromatic carbocycles. The first-order valence-electron chi connectivity index (χ1n) is 6.04. The summed E-state index contributed by atoms with van der Waals surface area (Å²) in [7, 11) is 0. The van der Waals surface area contributed by atoms with Crippen molar-refractivity contribution in [1.82, 2.24) is 5.32 Å². The zero-order chi connectivity index (χ0) is 14.2. The van der Waals surface area contributed by atoms with E-state index >= 15 is 0 Å². The zero-order valence-electron chi connectivity index (χ0n) is 10.6. The van der Waals surface area contributed by atoms with E-state index < -0.39 is 17.9 Å². The maximum absolute atomic E-state index is 13.9. The molecule has 0 spiro atoms. The topological polar surface area (TPSA) is 49.4 Å². The molecule has 1 saturated heterocycles. The van der Waals surface area contributed by atoms with Crippen molar-refractivity contribution < 1.29 is 14.0 Å². The zero-order valence-corrected chi connectivity index (χ0v) is 11.4. The molecule has 1 aliphatic heterocycles. The van der Waals surface area contributed by atoms with Crippen LogP contribution < -0.4 is 10.2 Å². The molecule has 2 atom stereocenters. The van der Waals surface area contributed by atoms with Gasteiger partial charge in [0.1, 0.15) is 17.9 Å². The number of hydrogen-bond acceptors (Lipinski definition) is 2. The summed E-state index contributed by atoms with van der Waals surface area (Å²) in [4.78, 5) is 25.3. The highest BCUT2D eigenvalue weighted by atomic mass is 35.5. The number of benzene rings is 1. The molecule has 2 rings (SSSR count). The largest absolute Gasteiger partial charge is 0.343 e. The van der Waals surface area contributed by atoms with E-state index in [1.54, 1.807) is 13.8 Å². The lowest BCUT2D eigenvalue weighted by Gasteiger charge is -2.37. The van der Waals surface area contributed by atoms with Crippen molar-refractivity contribution in [2.45, 2.75) is 32.4 Å². The number of amides is 2. The number of nitrogens with one attached hydrogen (secondary N) is 1. The van der Waals surface area contributed by atoms with Crippen LogP contribution in [0.2, 0.25) is 5.02 Å². The standard InChI is InChI=1S/C13H14ClFN2O2/c1-3-10-13(19)17(7(2)12(18)16-10)11-8(14)5-4-6-9(11)15/h4-7,10H,3H2,1-2H3,(H,16,18). The SMILES string of the molecule is CCC1NC(=O)C(C)N(c2c(F)cccc2Cl)C1=O. The van der Waals surface area contributed by atoms with E-state index in [0.717, 1.165) is 4.90 Å². The quantitative estimate of drug-likeness (QED) is 0.904. The monoisotopic (exact) mass is 284 g/mol. The van der Waals surface area contributed by atoms with E-state index in [-0.39, 0.29) is 22.5 Å². The summed E-state index contributed by atoms with van der Waals surface area (Å²) in [5, 5.41) is 2.72. The van der Waals surface area contributed by atoms with Gasteiger partial charge in [-0.3, -0.25) is 14.5 Å². The normalized spacial score (nSPS) is 23.5. The van der Waals surface area contributed by atoms with Crippen molar-refractivity contribution in [3.8, 4) is 0 Å². The van der Waals surface area contributed by atoms with Crippen molar-refractivity contribution in [3.05, 3.63) is 29.0 Å². The molecule has 2 amide bonds. The first kappa shape index (κ1) is 13.8. The molecule has 0 aromatic heterocycles. The van der Waals surface area contributed by atoms with Crippen LogP contribution in [0.1, 0.15) is 20.3 Å². The van der Waals surface area contributed by atoms with Crippen molar-refractivity contribution in [2.24, 2.45) is 0 Å². The third kappa shape index (κ3) is 2.30. The van der Waals surface area contributed by atoms with Crippen molar-refractivity contribution in [2.75, 3.05) is 4.90 Å². The van der Waals surface area contributed by atoms with E-state index in [2.05, 4.69) is 5.32 Å². The van der Waals surface area contributed by atoms with Gasteiger partial charge in [0.05, 0.1) is 10.7 Å². The minimum Gasteiger partial charge on any atom is -0.343 e. The average molecular weight is 285 g/mol. The number of rotatable bonds is 2. The average Bonchev–Trinajstić information content (AvgIpc) is 2.37. The predicted molar refractivity (Wildman–Crippen MR) is 70.6 cm³/mol. The van der Waals surface area contributed by atoms with Crippen LogP contribution in [-0.4, -0.2) is 23.9 Å². The van der Waals surface area contributed by atoms with E-state index in [9.17, 15) is 14.0 Å². The maximum Gasteiger partial charge on any atom is 0.250 e. The van der Waals surface area contributed by atoms with Crippen LogP contribution in [0, 0.1) is 5.82 Å². The Labute approximate surface area is 115 Å². The smallest absolute Gasteiger partial charge is 0.250 e. The van der Waals surface area contributed by atoms with Crippen LogP contribution in [0.15, 0.2) is 18.2 Å². The lowest BCUT2D eigenvalue weighted by Crippen LogP contribution is -2.62. The Hall–Kier alpha value is -1.62. The molecule has 2 unspecified atom stereocenters. The minimum absolute atomic E-state index is 0.0324. The van der Waals surface area contributed by atoms with Crippen molar-refractivity contribution in [3.63, 3.8) is 0 Å². The Kier molecular flexibility index (Phi) is 3.75. The summed E-state index contributed by atoms with van der Waals surface area (Å²) in [6.07, 6.45) is 0.444. The molecule has 0 bridgehead atoms. The molecule has 1 aliphatic rings. The highest BCUT2D eigenvalue weighted by Crippen LogP contribution is 2.32. The number of hydrogen-bond donors (Lipinski definition) is 1. The van der Waals surface area contributed by atoms with E-state index in [1.165, 1.54) is 18.2 Å². The van der Waals surface area contributed by atoms with Gasteiger partial charge in [0.2, 0.25) is 11.8 Å². The van der Waals surface area contributed by atoms with Crippen LogP contribution in [-0.2, 0) is 9.59 Å². The molecule has 1 N–H and O–H groups in total. The Balaban J connectivity index is 2.51. The number of carbonyl (C=O) groups is 2. The van der Waals surface area contributed by atoms with Gasteiger partial charge >= 0.3 is 0 Å². The predicted octanol–water partition coefficient (Wildman–Crippen LogP) is 2.11. The summed E-state index contributed by atoms with van der Waals surface area (Å²) < 4.78 is 13.9. The van der Waals surface area contributed by atoms with Gasteiger partial charge in [-0.25, -0.2) is 4.39 Å². The van der Waals surface area contributed by atoms with Gasteiger partial charge in [-0.15, -0.1) is 0 Å². The van der Waals surface area contributed by atoms with Gasteiger partial charge in [-0.1, -0.05) is 24.6 Å². The highest BCUT2D eigenvalue weighted by molar-refractivity contribution is 6.34. The number of para-hydroxylation sites is 1. The van der Waals surface area contributed by atoms with Gasteiger partial charge in [0, 0.05) is 0 Å². The molecule has 6 heteroatoms. The van der Waals surface area contributed by atoms with Gasteiger partial charge in [-0.05, 0) is 25.5 Å².